The van der Waals surface area contributed by atoms with E-state index in [1.54, 1.807) is 17.0 Å². The summed E-state index contributed by atoms with van der Waals surface area (Å²) in [5.41, 5.74) is 2.37. The highest BCUT2D eigenvalue weighted by molar-refractivity contribution is 7.92. The maximum absolute atomic E-state index is 13.8. The van der Waals surface area contributed by atoms with Crippen molar-refractivity contribution in [1.29, 1.82) is 0 Å². The van der Waals surface area contributed by atoms with Crippen LogP contribution in [0.2, 0.25) is 0 Å². The highest BCUT2D eigenvalue weighted by Gasteiger charge is 2.32. The molecule has 2 amide bonds. The van der Waals surface area contributed by atoms with Gasteiger partial charge in [-0.05, 0) is 49.3 Å². The van der Waals surface area contributed by atoms with E-state index in [0.29, 0.717) is 25.1 Å². The second-order valence-corrected chi connectivity index (χ2v) is 11.5. The molecule has 0 aromatic heterocycles. The average Bonchev–Trinajstić information content (AvgIpc) is 2.84. The first-order chi connectivity index (χ1) is 17.0. The lowest BCUT2D eigenvalue weighted by molar-refractivity contribution is -0.139. The molecule has 0 aliphatic heterocycles. The van der Waals surface area contributed by atoms with Crippen molar-refractivity contribution in [1.82, 2.24) is 10.2 Å². The Labute approximate surface area is 216 Å². The van der Waals surface area contributed by atoms with Crippen LogP contribution < -0.4 is 9.62 Å². The number of carbonyl (C=O) groups is 2. The standard InChI is InChI=1S/C28H41N3O4S/c1-7-22(5)29-28(33)25(8-2)30(19-18-23-14-10-9-11-15-23)27(32)20-31(36(6,34)35)26-17-13-12-16-24(26)21(3)4/h9-17,21-22,25H,7-8,18-20H2,1-6H3,(H,29,33)/t22-,25+/m0/s1. The lowest BCUT2D eigenvalue weighted by atomic mass is 10.0. The largest absolute Gasteiger partial charge is 0.352 e. The molecule has 0 heterocycles. The summed E-state index contributed by atoms with van der Waals surface area (Å²) in [5, 5.41) is 2.99. The fourth-order valence-corrected chi connectivity index (χ4v) is 5.00. The third kappa shape index (κ3) is 8.08. The average molecular weight is 516 g/mol. The first-order valence-corrected chi connectivity index (χ1v) is 14.5. The van der Waals surface area contributed by atoms with Gasteiger partial charge in [0.25, 0.3) is 0 Å². The summed E-state index contributed by atoms with van der Waals surface area (Å²) < 4.78 is 26.9. The van der Waals surface area contributed by atoms with E-state index in [4.69, 9.17) is 0 Å². The molecule has 36 heavy (non-hydrogen) atoms. The molecule has 0 aliphatic carbocycles. The van der Waals surface area contributed by atoms with Gasteiger partial charge in [0.15, 0.2) is 0 Å². The van der Waals surface area contributed by atoms with Crippen LogP contribution in [0.1, 0.15) is 64.5 Å². The molecule has 0 aliphatic rings. The van der Waals surface area contributed by atoms with Gasteiger partial charge in [0.2, 0.25) is 21.8 Å². The minimum absolute atomic E-state index is 0.0249. The van der Waals surface area contributed by atoms with E-state index in [1.165, 1.54) is 4.31 Å². The molecule has 198 valence electrons. The second-order valence-electron chi connectivity index (χ2n) is 9.55. The summed E-state index contributed by atoms with van der Waals surface area (Å²) in [6.45, 7) is 9.68. The van der Waals surface area contributed by atoms with Gasteiger partial charge in [-0.3, -0.25) is 13.9 Å². The number of carbonyl (C=O) groups excluding carboxylic acids is 2. The molecule has 2 atom stereocenters. The Kier molecular flexibility index (Phi) is 11.0. The highest BCUT2D eigenvalue weighted by atomic mass is 32.2. The number of anilines is 1. The maximum atomic E-state index is 13.8. The van der Waals surface area contributed by atoms with Crippen molar-refractivity contribution in [3.63, 3.8) is 0 Å². The van der Waals surface area contributed by atoms with Crippen LogP contribution in [0.4, 0.5) is 5.69 Å². The van der Waals surface area contributed by atoms with Crippen LogP contribution in [0.15, 0.2) is 54.6 Å². The predicted octanol–water partition coefficient (Wildman–Crippen LogP) is 4.34. The third-order valence-electron chi connectivity index (χ3n) is 6.38. The molecular weight excluding hydrogens is 474 g/mol. The molecule has 2 aromatic carbocycles. The van der Waals surface area contributed by atoms with E-state index in [-0.39, 0.29) is 24.4 Å². The van der Waals surface area contributed by atoms with Crippen molar-refractivity contribution >= 4 is 27.5 Å². The van der Waals surface area contributed by atoms with E-state index in [0.717, 1.165) is 23.8 Å². The fourth-order valence-electron chi connectivity index (χ4n) is 4.13. The molecule has 0 unspecified atom stereocenters. The van der Waals surface area contributed by atoms with Gasteiger partial charge in [-0.2, -0.15) is 0 Å². The number of rotatable bonds is 13. The predicted molar refractivity (Wildman–Crippen MR) is 147 cm³/mol. The lowest BCUT2D eigenvalue weighted by Gasteiger charge is -2.34. The molecule has 8 heteroatoms. The number of sulfonamides is 1. The van der Waals surface area contributed by atoms with Gasteiger partial charge in [-0.1, -0.05) is 76.2 Å². The zero-order valence-corrected chi connectivity index (χ0v) is 23.2. The molecule has 0 radical (unpaired) electrons. The van der Waals surface area contributed by atoms with Gasteiger partial charge in [0.1, 0.15) is 12.6 Å². The van der Waals surface area contributed by atoms with Crippen LogP contribution in [-0.2, 0) is 26.0 Å². The molecule has 2 rings (SSSR count). The number of hydrogen-bond donors (Lipinski definition) is 1. The van der Waals surface area contributed by atoms with E-state index >= 15 is 0 Å². The Morgan fingerprint density at radius 3 is 2.08 bits per heavy atom. The summed E-state index contributed by atoms with van der Waals surface area (Å²) in [6.07, 6.45) is 2.86. The maximum Gasteiger partial charge on any atom is 0.244 e. The van der Waals surface area contributed by atoms with E-state index in [2.05, 4.69) is 5.32 Å². The number of nitrogens with one attached hydrogen (secondary N) is 1. The highest BCUT2D eigenvalue weighted by Crippen LogP contribution is 2.29. The molecule has 2 aromatic rings. The quantitative estimate of drug-likeness (QED) is 0.430. The van der Waals surface area contributed by atoms with Crippen LogP contribution in [0.5, 0.6) is 0 Å². The Morgan fingerprint density at radius 2 is 1.53 bits per heavy atom. The van der Waals surface area contributed by atoms with Crippen LogP contribution in [-0.4, -0.2) is 56.6 Å². The van der Waals surface area contributed by atoms with E-state index in [1.807, 2.05) is 77.1 Å². The topological polar surface area (TPSA) is 86.8 Å². The van der Waals surface area contributed by atoms with Gasteiger partial charge in [0.05, 0.1) is 11.9 Å². The summed E-state index contributed by atoms with van der Waals surface area (Å²) >= 11 is 0. The Balaban J connectivity index is 2.43. The molecule has 0 bridgehead atoms. The minimum Gasteiger partial charge on any atom is -0.352 e. The molecule has 0 saturated heterocycles. The van der Waals surface area contributed by atoms with Crippen molar-refractivity contribution in [3.8, 4) is 0 Å². The van der Waals surface area contributed by atoms with Gasteiger partial charge >= 0.3 is 0 Å². The second kappa shape index (κ2) is 13.4. The number of amides is 2. The smallest absolute Gasteiger partial charge is 0.244 e. The Hall–Kier alpha value is -2.87. The molecule has 1 N–H and O–H groups in total. The summed E-state index contributed by atoms with van der Waals surface area (Å²) in [7, 11) is -3.76. The van der Waals surface area contributed by atoms with Crippen molar-refractivity contribution in [2.75, 3.05) is 23.7 Å². The van der Waals surface area contributed by atoms with Gasteiger partial charge in [-0.25, -0.2) is 8.42 Å². The minimum atomic E-state index is -3.76. The number of nitrogens with zero attached hydrogens (tertiary/aromatic N) is 2. The number of hydrogen-bond acceptors (Lipinski definition) is 4. The first-order valence-electron chi connectivity index (χ1n) is 12.7. The molecule has 7 nitrogen and oxygen atoms in total. The van der Waals surface area contributed by atoms with Gasteiger partial charge in [0, 0.05) is 12.6 Å². The summed E-state index contributed by atoms with van der Waals surface area (Å²) in [4.78, 5) is 28.5. The van der Waals surface area contributed by atoms with Crippen molar-refractivity contribution in [3.05, 3.63) is 65.7 Å². The fraction of sp³-hybridized carbons (Fsp3) is 0.500. The van der Waals surface area contributed by atoms with Crippen LogP contribution in [0, 0.1) is 0 Å². The van der Waals surface area contributed by atoms with Crippen LogP contribution >= 0.6 is 0 Å². The summed E-state index contributed by atoms with van der Waals surface area (Å²) in [6, 6.07) is 16.3. The van der Waals surface area contributed by atoms with Gasteiger partial charge < -0.3 is 10.2 Å². The zero-order valence-electron chi connectivity index (χ0n) is 22.4. The monoisotopic (exact) mass is 515 g/mol. The zero-order chi connectivity index (χ0) is 26.9. The van der Waals surface area contributed by atoms with E-state index in [9.17, 15) is 18.0 Å². The Bertz CT molecular complexity index is 1100. The number of benzene rings is 2. The van der Waals surface area contributed by atoms with Crippen LogP contribution in [0.3, 0.4) is 0 Å². The lowest BCUT2D eigenvalue weighted by Crippen LogP contribution is -2.54. The number of para-hydroxylation sites is 1. The van der Waals surface area contributed by atoms with Crippen molar-refractivity contribution < 1.29 is 18.0 Å². The molecule has 0 spiro atoms. The first kappa shape index (κ1) is 29.4. The molecule has 0 fully saturated rings. The van der Waals surface area contributed by atoms with Crippen LogP contribution in [0.25, 0.3) is 0 Å². The van der Waals surface area contributed by atoms with Crippen molar-refractivity contribution in [2.24, 2.45) is 0 Å². The Morgan fingerprint density at radius 1 is 0.917 bits per heavy atom. The SMILES string of the molecule is CC[C@H](C(=O)N[C@@H](C)CC)N(CCc1ccccc1)C(=O)CN(c1ccccc1C(C)C)S(C)(=O)=O. The normalized spacial score (nSPS) is 13.2. The van der Waals surface area contributed by atoms with Gasteiger partial charge in [-0.15, -0.1) is 0 Å². The summed E-state index contributed by atoms with van der Waals surface area (Å²) in [5.74, 6) is -0.553. The molecular formula is C28H41N3O4S. The van der Waals surface area contributed by atoms with Crippen molar-refractivity contribution in [2.45, 2.75) is 71.9 Å². The third-order valence-corrected chi connectivity index (χ3v) is 7.50. The molecule has 0 saturated carbocycles. The van der Waals surface area contributed by atoms with E-state index < -0.39 is 22.0 Å².